The molecule has 0 spiro atoms. The van der Waals surface area contributed by atoms with E-state index in [4.69, 9.17) is 15.1 Å². The van der Waals surface area contributed by atoms with Crippen molar-refractivity contribution in [2.24, 2.45) is 0 Å². The number of ether oxygens (including phenoxy) is 1. The van der Waals surface area contributed by atoms with Crippen molar-refractivity contribution in [3.63, 3.8) is 0 Å². The van der Waals surface area contributed by atoms with Crippen LogP contribution in [-0.4, -0.2) is 37.9 Å². The number of aromatic nitrogens is 4. The van der Waals surface area contributed by atoms with Gasteiger partial charge in [-0.15, -0.1) is 0 Å². The van der Waals surface area contributed by atoms with E-state index >= 15 is 0 Å². The van der Waals surface area contributed by atoms with Crippen LogP contribution in [0.15, 0.2) is 18.5 Å². The summed E-state index contributed by atoms with van der Waals surface area (Å²) < 4.78 is 6.07. The SMILES string of the molecule is COc1cc(C#N)nc(-n2cc(C(=O)O)cn2)n1. The predicted molar refractivity (Wildman–Crippen MR) is 57.4 cm³/mol. The number of nitrogens with zero attached hydrogens (tertiary/aromatic N) is 5. The minimum atomic E-state index is -1.11. The van der Waals surface area contributed by atoms with Gasteiger partial charge in [0.25, 0.3) is 5.95 Å². The monoisotopic (exact) mass is 245 g/mol. The van der Waals surface area contributed by atoms with Crippen LogP contribution >= 0.6 is 0 Å². The number of hydrogen-bond donors (Lipinski definition) is 1. The molecular formula is C10H7N5O3. The first kappa shape index (κ1) is 11.5. The first-order valence-corrected chi connectivity index (χ1v) is 4.75. The molecule has 0 aliphatic rings. The molecule has 0 saturated heterocycles. The molecule has 2 heterocycles. The van der Waals surface area contributed by atoms with E-state index in [9.17, 15) is 4.79 Å². The average molecular weight is 245 g/mol. The Kier molecular flexibility index (Phi) is 2.89. The van der Waals surface area contributed by atoms with Crippen LogP contribution in [0.1, 0.15) is 16.1 Å². The number of aromatic carboxylic acids is 1. The van der Waals surface area contributed by atoms with Gasteiger partial charge in [-0.1, -0.05) is 0 Å². The zero-order valence-corrected chi connectivity index (χ0v) is 9.23. The van der Waals surface area contributed by atoms with Gasteiger partial charge >= 0.3 is 5.97 Å². The van der Waals surface area contributed by atoms with Gasteiger partial charge in [0, 0.05) is 12.3 Å². The first-order chi connectivity index (χ1) is 8.63. The predicted octanol–water partition coefficient (Wildman–Crippen LogP) is 0.241. The van der Waals surface area contributed by atoms with Crippen molar-refractivity contribution in [2.75, 3.05) is 7.11 Å². The maximum Gasteiger partial charge on any atom is 0.338 e. The highest BCUT2D eigenvalue weighted by molar-refractivity contribution is 5.86. The van der Waals surface area contributed by atoms with Gasteiger partial charge in [-0.25, -0.2) is 9.48 Å². The summed E-state index contributed by atoms with van der Waals surface area (Å²) in [6.07, 6.45) is 2.41. The van der Waals surface area contributed by atoms with Crippen LogP contribution in [0, 0.1) is 11.3 Å². The third kappa shape index (κ3) is 2.10. The van der Waals surface area contributed by atoms with Gasteiger partial charge in [-0.05, 0) is 0 Å². The molecule has 2 aromatic rings. The molecule has 0 aliphatic heterocycles. The normalized spacial score (nSPS) is 9.78. The van der Waals surface area contributed by atoms with Crippen LogP contribution < -0.4 is 4.74 Å². The van der Waals surface area contributed by atoms with Gasteiger partial charge in [0.05, 0.1) is 18.9 Å². The van der Waals surface area contributed by atoms with Crippen LogP contribution in [0.2, 0.25) is 0 Å². The molecule has 90 valence electrons. The number of carboxylic acid groups (broad SMARTS) is 1. The second-order valence-electron chi connectivity index (χ2n) is 3.19. The van der Waals surface area contributed by atoms with Gasteiger partial charge in [0.2, 0.25) is 5.88 Å². The van der Waals surface area contributed by atoms with Crippen molar-refractivity contribution < 1.29 is 14.6 Å². The average Bonchev–Trinajstić information content (AvgIpc) is 2.87. The second kappa shape index (κ2) is 4.50. The zero-order chi connectivity index (χ0) is 13.1. The lowest BCUT2D eigenvalue weighted by atomic mass is 10.4. The molecule has 18 heavy (non-hydrogen) atoms. The molecule has 8 nitrogen and oxygen atoms in total. The number of methoxy groups -OCH3 is 1. The topological polar surface area (TPSA) is 114 Å². The summed E-state index contributed by atoms with van der Waals surface area (Å²) >= 11 is 0. The van der Waals surface area contributed by atoms with Crippen molar-refractivity contribution in [1.82, 2.24) is 19.7 Å². The van der Waals surface area contributed by atoms with Gasteiger partial charge in [-0.3, -0.25) is 0 Å². The molecule has 0 aromatic carbocycles. The lowest BCUT2D eigenvalue weighted by Gasteiger charge is -2.02. The lowest BCUT2D eigenvalue weighted by Crippen LogP contribution is -2.04. The van der Waals surface area contributed by atoms with E-state index in [-0.39, 0.29) is 23.1 Å². The van der Waals surface area contributed by atoms with Crippen molar-refractivity contribution >= 4 is 5.97 Å². The molecule has 0 saturated carbocycles. The molecule has 1 N–H and O–H groups in total. The Bertz CT molecular complexity index is 643. The Morgan fingerprint density at radius 2 is 2.33 bits per heavy atom. The molecule has 2 rings (SSSR count). The standard InChI is InChI=1S/C10H7N5O3/c1-18-8-2-7(3-11)13-10(14-8)15-5-6(4-12-15)9(16)17/h2,4-5H,1H3,(H,16,17). The summed E-state index contributed by atoms with van der Waals surface area (Å²) in [7, 11) is 1.40. The van der Waals surface area contributed by atoms with E-state index in [1.165, 1.54) is 19.4 Å². The largest absolute Gasteiger partial charge is 0.481 e. The van der Waals surface area contributed by atoms with Crippen molar-refractivity contribution in [1.29, 1.82) is 5.26 Å². The molecule has 0 fully saturated rings. The van der Waals surface area contributed by atoms with Crippen molar-refractivity contribution in [3.8, 4) is 17.9 Å². The van der Waals surface area contributed by atoms with Crippen molar-refractivity contribution in [2.45, 2.75) is 0 Å². The molecule has 0 atom stereocenters. The van der Waals surface area contributed by atoms with E-state index < -0.39 is 5.97 Å². The molecule has 0 bridgehead atoms. The highest BCUT2D eigenvalue weighted by Crippen LogP contribution is 2.11. The van der Waals surface area contributed by atoms with E-state index in [2.05, 4.69) is 15.1 Å². The maximum atomic E-state index is 10.7. The summed E-state index contributed by atoms with van der Waals surface area (Å²) in [5.41, 5.74) is 0.101. The second-order valence-corrected chi connectivity index (χ2v) is 3.19. The van der Waals surface area contributed by atoms with Crippen LogP contribution in [-0.2, 0) is 0 Å². The van der Waals surface area contributed by atoms with Gasteiger partial charge in [0.15, 0.2) is 0 Å². The molecule has 0 amide bonds. The van der Waals surface area contributed by atoms with E-state index in [1.807, 2.05) is 6.07 Å². The number of carboxylic acids is 1. The van der Waals surface area contributed by atoms with Crippen LogP contribution in [0.3, 0.4) is 0 Å². The third-order valence-corrected chi connectivity index (χ3v) is 2.05. The molecule has 0 unspecified atom stereocenters. The molecule has 0 aliphatic carbocycles. The summed E-state index contributed by atoms with van der Waals surface area (Å²) in [5.74, 6) is -0.841. The third-order valence-electron chi connectivity index (χ3n) is 2.05. The Balaban J connectivity index is 2.49. The zero-order valence-electron chi connectivity index (χ0n) is 9.23. The Hall–Kier alpha value is -2.95. The fraction of sp³-hybridized carbons (Fsp3) is 0.100. The molecule has 2 aromatic heterocycles. The Labute approximate surface area is 101 Å². The number of nitriles is 1. The van der Waals surface area contributed by atoms with Gasteiger partial charge in [0.1, 0.15) is 11.8 Å². The molecule has 8 heteroatoms. The van der Waals surface area contributed by atoms with Crippen molar-refractivity contribution in [3.05, 3.63) is 29.7 Å². The number of carbonyl (C=O) groups is 1. The Morgan fingerprint density at radius 1 is 1.56 bits per heavy atom. The smallest absolute Gasteiger partial charge is 0.338 e. The highest BCUT2D eigenvalue weighted by atomic mass is 16.5. The quantitative estimate of drug-likeness (QED) is 0.823. The van der Waals surface area contributed by atoms with Crippen LogP contribution in [0.25, 0.3) is 5.95 Å². The van der Waals surface area contributed by atoms with Gasteiger partial charge in [-0.2, -0.15) is 20.3 Å². The first-order valence-electron chi connectivity index (χ1n) is 4.75. The van der Waals surface area contributed by atoms with Crippen LogP contribution in [0.4, 0.5) is 0 Å². The summed E-state index contributed by atoms with van der Waals surface area (Å²) in [6, 6.07) is 3.22. The Morgan fingerprint density at radius 3 is 2.89 bits per heavy atom. The maximum absolute atomic E-state index is 10.7. The van der Waals surface area contributed by atoms with Crippen LogP contribution in [0.5, 0.6) is 5.88 Å². The minimum Gasteiger partial charge on any atom is -0.481 e. The fourth-order valence-electron chi connectivity index (χ4n) is 1.22. The lowest BCUT2D eigenvalue weighted by molar-refractivity contribution is 0.0697. The highest BCUT2D eigenvalue weighted by Gasteiger charge is 2.11. The number of hydrogen-bond acceptors (Lipinski definition) is 6. The molecular weight excluding hydrogens is 238 g/mol. The summed E-state index contributed by atoms with van der Waals surface area (Å²) in [4.78, 5) is 18.6. The van der Waals surface area contributed by atoms with E-state index in [0.29, 0.717) is 0 Å². The van der Waals surface area contributed by atoms with Gasteiger partial charge < -0.3 is 9.84 Å². The van der Waals surface area contributed by atoms with E-state index in [1.54, 1.807) is 0 Å². The summed E-state index contributed by atoms with van der Waals surface area (Å²) in [6.45, 7) is 0. The summed E-state index contributed by atoms with van der Waals surface area (Å²) in [5, 5.41) is 21.4. The number of rotatable bonds is 3. The fourth-order valence-corrected chi connectivity index (χ4v) is 1.22. The van der Waals surface area contributed by atoms with E-state index in [0.717, 1.165) is 10.9 Å². The minimum absolute atomic E-state index is 0.0000671. The molecule has 0 radical (unpaired) electrons.